The lowest BCUT2D eigenvalue weighted by Crippen LogP contribution is -1.94. The van der Waals surface area contributed by atoms with Crippen LogP contribution in [0.1, 0.15) is 0 Å². The number of hydrogen-bond donors (Lipinski definition) is 1. The maximum atomic E-state index is 12.9. The Morgan fingerprint density at radius 1 is 0.895 bits per heavy atom. The number of benzene rings is 2. The fraction of sp³-hybridized carbons (Fsp3) is 0. The third kappa shape index (κ3) is 2.33. The zero-order chi connectivity index (χ0) is 13.2. The van der Waals surface area contributed by atoms with E-state index >= 15 is 0 Å². The highest BCUT2D eigenvalue weighted by Crippen LogP contribution is 2.20. The Balaban J connectivity index is 1.95. The van der Waals surface area contributed by atoms with E-state index in [-0.39, 0.29) is 5.82 Å². The Morgan fingerprint density at radius 2 is 1.58 bits per heavy atom. The highest BCUT2D eigenvalue weighted by atomic mass is 19.1. The van der Waals surface area contributed by atoms with E-state index in [2.05, 4.69) is 5.10 Å². The quantitative estimate of drug-likeness (QED) is 0.712. The second-order valence-corrected chi connectivity index (χ2v) is 4.27. The molecule has 1 heterocycles. The fourth-order valence-corrected chi connectivity index (χ4v) is 1.88. The Hall–Kier alpha value is -2.62. The zero-order valence-electron chi connectivity index (χ0n) is 10.1. The molecule has 0 unspecified atom stereocenters. The summed E-state index contributed by atoms with van der Waals surface area (Å²) in [6.45, 7) is 0. The largest absolute Gasteiger partial charge is 0.399 e. The molecule has 0 saturated heterocycles. The average molecular weight is 253 g/mol. The fourth-order valence-electron chi connectivity index (χ4n) is 1.88. The van der Waals surface area contributed by atoms with Crippen molar-refractivity contribution in [3.8, 4) is 16.8 Å². The summed E-state index contributed by atoms with van der Waals surface area (Å²) in [5.41, 5.74) is 9.18. The van der Waals surface area contributed by atoms with Crippen LogP contribution in [0.15, 0.2) is 60.9 Å². The van der Waals surface area contributed by atoms with Crippen LogP contribution in [0.2, 0.25) is 0 Å². The molecular weight excluding hydrogens is 241 g/mol. The van der Waals surface area contributed by atoms with Gasteiger partial charge in [-0.15, -0.1) is 0 Å². The standard InChI is InChI=1S/C15H12FN3/c16-13-3-1-11(2-4-13)12-9-18-19(10-12)15-7-5-14(17)6-8-15/h1-10H,17H2. The van der Waals surface area contributed by atoms with Gasteiger partial charge in [-0.25, -0.2) is 9.07 Å². The number of nitrogens with zero attached hydrogens (tertiary/aromatic N) is 2. The van der Waals surface area contributed by atoms with Crippen LogP contribution in [0.4, 0.5) is 10.1 Å². The molecule has 3 rings (SSSR count). The van der Waals surface area contributed by atoms with Crippen molar-refractivity contribution in [3.63, 3.8) is 0 Å². The molecule has 94 valence electrons. The number of anilines is 1. The van der Waals surface area contributed by atoms with Gasteiger partial charge in [-0.1, -0.05) is 12.1 Å². The number of rotatable bonds is 2. The molecule has 0 spiro atoms. The van der Waals surface area contributed by atoms with Crippen LogP contribution in [-0.4, -0.2) is 9.78 Å². The molecule has 19 heavy (non-hydrogen) atoms. The molecule has 0 aliphatic rings. The summed E-state index contributed by atoms with van der Waals surface area (Å²) < 4.78 is 14.6. The van der Waals surface area contributed by atoms with Crippen molar-refractivity contribution < 1.29 is 4.39 Å². The second kappa shape index (κ2) is 4.57. The summed E-state index contributed by atoms with van der Waals surface area (Å²) >= 11 is 0. The lowest BCUT2D eigenvalue weighted by molar-refractivity contribution is 0.628. The third-order valence-corrected chi connectivity index (χ3v) is 2.92. The molecule has 0 saturated carbocycles. The number of halogens is 1. The van der Waals surface area contributed by atoms with E-state index in [1.807, 2.05) is 30.5 Å². The van der Waals surface area contributed by atoms with Crippen LogP contribution in [-0.2, 0) is 0 Å². The first kappa shape index (κ1) is 11.5. The molecule has 4 heteroatoms. The third-order valence-electron chi connectivity index (χ3n) is 2.92. The summed E-state index contributed by atoms with van der Waals surface area (Å²) in [6.07, 6.45) is 3.66. The van der Waals surface area contributed by atoms with Gasteiger partial charge in [0.2, 0.25) is 0 Å². The van der Waals surface area contributed by atoms with Gasteiger partial charge in [0.15, 0.2) is 0 Å². The van der Waals surface area contributed by atoms with E-state index in [0.717, 1.165) is 22.5 Å². The number of aromatic nitrogens is 2. The van der Waals surface area contributed by atoms with Crippen molar-refractivity contribution in [2.24, 2.45) is 0 Å². The van der Waals surface area contributed by atoms with Gasteiger partial charge in [0, 0.05) is 17.4 Å². The molecule has 2 aromatic carbocycles. The lowest BCUT2D eigenvalue weighted by atomic mass is 10.1. The van der Waals surface area contributed by atoms with Gasteiger partial charge in [0.05, 0.1) is 11.9 Å². The molecule has 0 radical (unpaired) electrons. The van der Waals surface area contributed by atoms with Gasteiger partial charge in [-0.2, -0.15) is 5.10 Å². The van der Waals surface area contributed by atoms with Gasteiger partial charge >= 0.3 is 0 Å². The van der Waals surface area contributed by atoms with E-state index in [4.69, 9.17) is 5.73 Å². The summed E-state index contributed by atoms with van der Waals surface area (Å²) in [5.74, 6) is -0.241. The smallest absolute Gasteiger partial charge is 0.123 e. The van der Waals surface area contributed by atoms with Crippen LogP contribution >= 0.6 is 0 Å². The molecule has 0 bridgehead atoms. The minimum atomic E-state index is -0.241. The van der Waals surface area contributed by atoms with Crippen LogP contribution in [0, 0.1) is 5.82 Å². The zero-order valence-corrected chi connectivity index (χ0v) is 10.1. The number of nitrogen functional groups attached to an aromatic ring is 1. The van der Waals surface area contributed by atoms with Crippen molar-refractivity contribution in [3.05, 3.63) is 66.7 Å². The van der Waals surface area contributed by atoms with E-state index in [0.29, 0.717) is 0 Å². The maximum absolute atomic E-state index is 12.9. The van der Waals surface area contributed by atoms with Crippen LogP contribution in [0.25, 0.3) is 16.8 Å². The van der Waals surface area contributed by atoms with E-state index in [9.17, 15) is 4.39 Å². The Labute approximate surface area is 110 Å². The van der Waals surface area contributed by atoms with Crippen LogP contribution in [0.3, 0.4) is 0 Å². The lowest BCUT2D eigenvalue weighted by Gasteiger charge is -2.01. The van der Waals surface area contributed by atoms with Crippen LogP contribution < -0.4 is 5.73 Å². The normalized spacial score (nSPS) is 10.6. The first-order chi connectivity index (χ1) is 9.22. The van der Waals surface area contributed by atoms with Crippen molar-refractivity contribution in [1.82, 2.24) is 9.78 Å². The summed E-state index contributed by atoms with van der Waals surface area (Å²) in [5, 5.41) is 4.30. The average Bonchev–Trinajstić information content (AvgIpc) is 2.90. The minimum Gasteiger partial charge on any atom is -0.399 e. The summed E-state index contributed by atoms with van der Waals surface area (Å²) in [4.78, 5) is 0. The predicted octanol–water partition coefficient (Wildman–Crippen LogP) is 3.26. The van der Waals surface area contributed by atoms with Gasteiger partial charge in [-0.05, 0) is 42.0 Å². The van der Waals surface area contributed by atoms with Gasteiger partial charge in [0.25, 0.3) is 0 Å². The number of hydrogen-bond acceptors (Lipinski definition) is 2. The van der Waals surface area contributed by atoms with E-state index in [1.54, 1.807) is 23.0 Å². The number of nitrogens with two attached hydrogens (primary N) is 1. The molecular formula is C15H12FN3. The first-order valence-corrected chi connectivity index (χ1v) is 5.89. The van der Waals surface area contributed by atoms with Crippen molar-refractivity contribution in [1.29, 1.82) is 0 Å². The highest BCUT2D eigenvalue weighted by Gasteiger charge is 2.03. The summed E-state index contributed by atoms with van der Waals surface area (Å²) in [6, 6.07) is 13.8. The summed E-state index contributed by atoms with van der Waals surface area (Å²) in [7, 11) is 0. The molecule has 3 aromatic rings. The van der Waals surface area contributed by atoms with Crippen molar-refractivity contribution in [2.45, 2.75) is 0 Å². The Kier molecular flexibility index (Phi) is 2.76. The molecule has 0 amide bonds. The van der Waals surface area contributed by atoms with Gasteiger partial charge in [-0.3, -0.25) is 0 Å². The molecule has 1 aromatic heterocycles. The second-order valence-electron chi connectivity index (χ2n) is 4.27. The topological polar surface area (TPSA) is 43.8 Å². The Morgan fingerprint density at radius 3 is 2.26 bits per heavy atom. The van der Waals surface area contributed by atoms with E-state index < -0.39 is 0 Å². The molecule has 0 aliphatic heterocycles. The predicted molar refractivity (Wildman–Crippen MR) is 73.4 cm³/mol. The monoisotopic (exact) mass is 253 g/mol. The van der Waals surface area contributed by atoms with Crippen molar-refractivity contribution in [2.75, 3.05) is 5.73 Å². The van der Waals surface area contributed by atoms with E-state index in [1.165, 1.54) is 12.1 Å². The molecule has 0 fully saturated rings. The first-order valence-electron chi connectivity index (χ1n) is 5.89. The van der Waals surface area contributed by atoms with Crippen molar-refractivity contribution >= 4 is 5.69 Å². The van der Waals surface area contributed by atoms with Crippen LogP contribution in [0.5, 0.6) is 0 Å². The van der Waals surface area contributed by atoms with Gasteiger partial charge < -0.3 is 5.73 Å². The molecule has 2 N–H and O–H groups in total. The SMILES string of the molecule is Nc1ccc(-n2cc(-c3ccc(F)cc3)cn2)cc1. The molecule has 0 atom stereocenters. The molecule has 0 aliphatic carbocycles. The van der Waals surface area contributed by atoms with Gasteiger partial charge in [0.1, 0.15) is 5.82 Å². The minimum absolute atomic E-state index is 0.241. The maximum Gasteiger partial charge on any atom is 0.123 e. The highest BCUT2D eigenvalue weighted by molar-refractivity contribution is 5.62. The molecule has 3 nitrogen and oxygen atoms in total. The Bertz CT molecular complexity index is 624.